The monoisotopic (exact) mass is 341 g/mol. The van der Waals surface area contributed by atoms with E-state index in [4.69, 9.17) is 21.1 Å². The van der Waals surface area contributed by atoms with Crippen molar-refractivity contribution in [3.05, 3.63) is 71.4 Å². The first-order chi connectivity index (χ1) is 11.7. The van der Waals surface area contributed by atoms with Crippen molar-refractivity contribution in [1.82, 2.24) is 4.98 Å². The Balaban J connectivity index is 1.54. The van der Waals surface area contributed by atoms with Gasteiger partial charge in [0.1, 0.15) is 11.3 Å². The van der Waals surface area contributed by atoms with Gasteiger partial charge in [-0.15, -0.1) is 0 Å². The van der Waals surface area contributed by atoms with E-state index in [1.807, 2.05) is 36.4 Å². The molecule has 0 aliphatic carbocycles. The van der Waals surface area contributed by atoms with Crippen molar-refractivity contribution in [3.8, 4) is 5.75 Å². The van der Waals surface area contributed by atoms with E-state index < -0.39 is 5.97 Å². The molecule has 0 saturated carbocycles. The van der Waals surface area contributed by atoms with Crippen LogP contribution >= 0.6 is 11.6 Å². The van der Waals surface area contributed by atoms with Crippen LogP contribution in [0.4, 0.5) is 0 Å². The predicted octanol–water partition coefficient (Wildman–Crippen LogP) is 4.05. The van der Waals surface area contributed by atoms with Gasteiger partial charge in [0.2, 0.25) is 0 Å². The first-order valence-electron chi connectivity index (χ1n) is 7.59. The van der Waals surface area contributed by atoms with Gasteiger partial charge >= 0.3 is 5.97 Å². The minimum absolute atomic E-state index is 0.165. The van der Waals surface area contributed by atoms with Gasteiger partial charge in [0.05, 0.1) is 11.6 Å². The number of carbonyl (C=O) groups is 1. The number of pyridine rings is 1. The fourth-order valence-electron chi connectivity index (χ4n) is 2.33. The van der Waals surface area contributed by atoms with E-state index in [1.54, 1.807) is 24.4 Å². The number of fused-ring (bicyclic) bond motifs is 1. The zero-order valence-corrected chi connectivity index (χ0v) is 13.7. The molecule has 4 nitrogen and oxygen atoms in total. The van der Waals surface area contributed by atoms with Crippen LogP contribution in [-0.2, 0) is 16.0 Å². The molecule has 5 heteroatoms. The maximum atomic E-state index is 11.8. The quantitative estimate of drug-likeness (QED) is 0.634. The minimum Gasteiger partial charge on any atom is -0.480 e. The average Bonchev–Trinajstić information content (AvgIpc) is 2.62. The van der Waals surface area contributed by atoms with E-state index in [0.717, 1.165) is 10.9 Å². The third-order valence-corrected chi connectivity index (χ3v) is 3.85. The Morgan fingerprint density at radius 2 is 1.88 bits per heavy atom. The Kier molecular flexibility index (Phi) is 5.29. The van der Waals surface area contributed by atoms with Gasteiger partial charge < -0.3 is 9.47 Å². The molecule has 0 bridgehead atoms. The summed E-state index contributed by atoms with van der Waals surface area (Å²) >= 11 is 6.13. The fourth-order valence-corrected chi connectivity index (χ4v) is 2.55. The summed E-state index contributed by atoms with van der Waals surface area (Å²) < 4.78 is 10.7. The maximum Gasteiger partial charge on any atom is 0.344 e. The summed E-state index contributed by atoms with van der Waals surface area (Å²) in [5.41, 5.74) is 1.75. The molecular formula is C19H16ClNO3. The van der Waals surface area contributed by atoms with Crippen LogP contribution < -0.4 is 4.74 Å². The molecule has 0 amide bonds. The molecule has 3 aromatic rings. The number of nitrogens with zero attached hydrogens (tertiary/aromatic N) is 1. The number of benzene rings is 2. The molecule has 2 aromatic carbocycles. The Labute approximate surface area is 145 Å². The van der Waals surface area contributed by atoms with Crippen molar-refractivity contribution in [3.63, 3.8) is 0 Å². The molecule has 3 rings (SSSR count). The largest absolute Gasteiger partial charge is 0.480 e. The van der Waals surface area contributed by atoms with Crippen LogP contribution in [0.1, 0.15) is 5.56 Å². The maximum absolute atomic E-state index is 11.8. The summed E-state index contributed by atoms with van der Waals surface area (Å²) in [6.45, 7) is 0.161. The highest BCUT2D eigenvalue weighted by Crippen LogP contribution is 2.29. The molecule has 0 radical (unpaired) electrons. The molecule has 0 atom stereocenters. The van der Waals surface area contributed by atoms with Crippen LogP contribution in [-0.4, -0.2) is 24.2 Å². The van der Waals surface area contributed by atoms with Gasteiger partial charge in [0, 0.05) is 18.0 Å². The summed E-state index contributed by atoms with van der Waals surface area (Å²) in [6, 6.07) is 16.9. The van der Waals surface area contributed by atoms with Gasteiger partial charge in [0.15, 0.2) is 6.61 Å². The van der Waals surface area contributed by atoms with E-state index in [0.29, 0.717) is 29.3 Å². The Morgan fingerprint density at radius 1 is 1.04 bits per heavy atom. The van der Waals surface area contributed by atoms with E-state index >= 15 is 0 Å². The molecule has 0 aliphatic rings. The van der Waals surface area contributed by atoms with Crippen LogP contribution in [0.2, 0.25) is 5.02 Å². The fraction of sp³-hybridized carbons (Fsp3) is 0.158. The van der Waals surface area contributed by atoms with E-state index in [9.17, 15) is 4.79 Å². The van der Waals surface area contributed by atoms with Crippen molar-refractivity contribution < 1.29 is 14.3 Å². The van der Waals surface area contributed by atoms with Crippen molar-refractivity contribution in [2.75, 3.05) is 13.2 Å². The Bertz CT molecular complexity index is 836. The number of halogens is 1. The molecule has 122 valence electrons. The number of carbonyl (C=O) groups excluding carboxylic acids is 1. The van der Waals surface area contributed by atoms with E-state index in [2.05, 4.69) is 4.98 Å². The summed E-state index contributed by atoms with van der Waals surface area (Å²) in [5.74, 6) is 0.0972. The number of esters is 1. The van der Waals surface area contributed by atoms with Crippen LogP contribution in [0.25, 0.3) is 10.9 Å². The van der Waals surface area contributed by atoms with E-state index in [1.165, 1.54) is 0 Å². The van der Waals surface area contributed by atoms with Crippen molar-refractivity contribution in [2.45, 2.75) is 6.42 Å². The molecule has 24 heavy (non-hydrogen) atoms. The molecule has 0 unspecified atom stereocenters. The summed E-state index contributed by atoms with van der Waals surface area (Å²) in [4.78, 5) is 16.1. The summed E-state index contributed by atoms with van der Waals surface area (Å²) in [5, 5.41) is 1.38. The predicted molar refractivity (Wildman–Crippen MR) is 93.4 cm³/mol. The van der Waals surface area contributed by atoms with E-state index in [-0.39, 0.29) is 6.61 Å². The first kappa shape index (κ1) is 16.3. The lowest BCUT2D eigenvalue weighted by Crippen LogP contribution is -2.16. The smallest absolute Gasteiger partial charge is 0.344 e. The third kappa shape index (κ3) is 4.03. The molecule has 1 aromatic heterocycles. The first-order valence-corrected chi connectivity index (χ1v) is 7.97. The molecule has 1 heterocycles. The lowest BCUT2D eigenvalue weighted by molar-refractivity contribution is -0.145. The number of aromatic nitrogens is 1. The zero-order chi connectivity index (χ0) is 16.8. The summed E-state index contributed by atoms with van der Waals surface area (Å²) in [7, 11) is 0. The van der Waals surface area contributed by atoms with Crippen molar-refractivity contribution in [1.29, 1.82) is 0 Å². The normalized spacial score (nSPS) is 10.5. The van der Waals surface area contributed by atoms with Crippen LogP contribution in [0.15, 0.2) is 60.8 Å². The Morgan fingerprint density at radius 3 is 2.71 bits per heavy atom. The Hall–Kier alpha value is -2.59. The molecule has 0 aliphatic heterocycles. The lowest BCUT2D eigenvalue weighted by atomic mass is 10.2. The molecule has 0 N–H and O–H groups in total. The van der Waals surface area contributed by atoms with Crippen molar-refractivity contribution in [2.24, 2.45) is 0 Å². The highest BCUT2D eigenvalue weighted by Gasteiger charge is 2.09. The van der Waals surface area contributed by atoms with Gasteiger partial charge in [-0.05, 0) is 29.8 Å². The second-order valence-electron chi connectivity index (χ2n) is 5.19. The molecule has 0 saturated heterocycles. The van der Waals surface area contributed by atoms with Crippen LogP contribution in [0, 0.1) is 0 Å². The topological polar surface area (TPSA) is 48.4 Å². The van der Waals surface area contributed by atoms with Gasteiger partial charge in [0.25, 0.3) is 0 Å². The van der Waals surface area contributed by atoms with Crippen LogP contribution in [0.5, 0.6) is 5.75 Å². The lowest BCUT2D eigenvalue weighted by Gasteiger charge is -2.09. The molecule has 0 spiro atoms. The SMILES string of the molecule is O=C(COc1ccc(Cl)c2cccnc12)OCCc1ccccc1. The number of rotatable bonds is 6. The molecular weight excluding hydrogens is 326 g/mol. The van der Waals surface area contributed by atoms with Gasteiger partial charge in [-0.2, -0.15) is 0 Å². The average molecular weight is 342 g/mol. The highest BCUT2D eigenvalue weighted by atomic mass is 35.5. The van der Waals surface area contributed by atoms with Crippen LogP contribution in [0.3, 0.4) is 0 Å². The number of ether oxygens (including phenoxy) is 2. The van der Waals surface area contributed by atoms with Gasteiger partial charge in [-0.1, -0.05) is 41.9 Å². The second-order valence-corrected chi connectivity index (χ2v) is 5.60. The van der Waals surface area contributed by atoms with Gasteiger partial charge in [-0.3, -0.25) is 4.98 Å². The number of hydrogen-bond acceptors (Lipinski definition) is 4. The highest BCUT2D eigenvalue weighted by molar-refractivity contribution is 6.35. The second kappa shape index (κ2) is 7.79. The standard InChI is InChI=1S/C19H16ClNO3/c20-16-8-9-17(19-15(16)7-4-11-21-19)24-13-18(22)23-12-10-14-5-2-1-3-6-14/h1-9,11H,10,12-13H2. The summed E-state index contributed by atoms with van der Waals surface area (Å²) in [6.07, 6.45) is 2.34. The third-order valence-electron chi connectivity index (χ3n) is 3.52. The van der Waals surface area contributed by atoms with Gasteiger partial charge in [-0.25, -0.2) is 4.79 Å². The number of hydrogen-bond donors (Lipinski definition) is 0. The molecule has 0 fully saturated rings. The van der Waals surface area contributed by atoms with Crippen molar-refractivity contribution >= 4 is 28.5 Å². The zero-order valence-electron chi connectivity index (χ0n) is 12.9. The minimum atomic E-state index is -0.412.